The molecule has 0 aliphatic rings. The van der Waals surface area contributed by atoms with E-state index >= 15 is 0 Å². The molecule has 4 rings (SSSR count). The zero-order valence-corrected chi connectivity index (χ0v) is 41.2. The number of fused-ring (bicyclic) bond motifs is 1. The second-order valence-electron chi connectivity index (χ2n) is 18.0. The second-order valence-corrected chi connectivity index (χ2v) is 21.9. The molecule has 0 N–H and O–H groups in total. The Labute approximate surface area is 375 Å². The van der Waals surface area contributed by atoms with Crippen LogP contribution < -0.4 is 0 Å². The summed E-state index contributed by atoms with van der Waals surface area (Å²) < 4.78 is 3.24. The van der Waals surface area contributed by atoms with Crippen LogP contribution in [0.4, 0.5) is 0 Å². The smallest absolute Gasteiger partial charge is 0.0495 e. The average Bonchev–Trinajstić information content (AvgIpc) is 4.07. The molecule has 0 unspecified atom stereocenters. The topological polar surface area (TPSA) is 0 Å². The van der Waals surface area contributed by atoms with Crippen LogP contribution >= 0.6 is 45.3 Å². The van der Waals surface area contributed by atoms with Gasteiger partial charge in [-0.05, 0) is 65.8 Å². The molecular weight excluding hydrogens is 777 g/mol. The molecule has 4 aromatic rings. The highest BCUT2D eigenvalue weighted by molar-refractivity contribution is 7.32. The lowest BCUT2D eigenvalue weighted by Gasteiger charge is -2.05. The largest absolute Gasteiger partial charge is 0.143 e. The predicted octanol–water partition coefficient (Wildman–Crippen LogP) is 21.6. The van der Waals surface area contributed by atoms with Gasteiger partial charge in [0.05, 0.1) is 0 Å². The van der Waals surface area contributed by atoms with Crippen molar-refractivity contribution in [1.29, 1.82) is 0 Å². The van der Waals surface area contributed by atoms with Crippen LogP contribution in [0, 0.1) is 0 Å². The first-order valence-corrected chi connectivity index (χ1v) is 28.9. The zero-order chi connectivity index (χ0) is 40.6. The van der Waals surface area contributed by atoms with Crippen LogP contribution in [0.3, 0.4) is 0 Å². The third kappa shape index (κ3) is 20.8. The van der Waals surface area contributed by atoms with Crippen molar-refractivity contribution < 1.29 is 0 Å². The monoisotopic (exact) mass is 865 g/mol. The molecule has 0 saturated carbocycles. The third-order valence-corrected chi connectivity index (χ3v) is 17.6. The molecule has 0 atom stereocenters. The van der Waals surface area contributed by atoms with Crippen LogP contribution in [0.25, 0.3) is 28.9 Å². The molecule has 0 bridgehead atoms. The SMILES string of the molecule is CCCCCCCCCCCCCCCCCCCCc1csc2c(CCCCCCCCCCCCCCCCCCCC)c(-c3ccc(-c4cccs4)s3)sc12. The van der Waals surface area contributed by atoms with Gasteiger partial charge in [-0.15, -0.1) is 45.3 Å². The zero-order valence-electron chi connectivity index (χ0n) is 38.0. The fraction of sp³-hybridized carbons (Fsp3) is 0.741. The Balaban J connectivity index is 1.09. The Kier molecular flexibility index (Phi) is 28.8. The molecule has 4 heterocycles. The van der Waals surface area contributed by atoms with Gasteiger partial charge in [0.1, 0.15) is 0 Å². The van der Waals surface area contributed by atoms with Crippen molar-refractivity contribution in [1.82, 2.24) is 0 Å². The van der Waals surface area contributed by atoms with Crippen molar-refractivity contribution in [2.45, 2.75) is 258 Å². The number of hydrogen-bond acceptors (Lipinski definition) is 4. The maximum Gasteiger partial charge on any atom is 0.0495 e. The second kappa shape index (κ2) is 33.7. The van der Waals surface area contributed by atoms with Crippen molar-refractivity contribution in [2.75, 3.05) is 0 Å². The van der Waals surface area contributed by atoms with E-state index in [2.05, 4.69) is 71.5 Å². The summed E-state index contributed by atoms with van der Waals surface area (Å²) in [4.78, 5) is 5.92. The molecule has 0 spiro atoms. The van der Waals surface area contributed by atoms with E-state index in [1.807, 2.05) is 22.7 Å². The molecule has 0 aliphatic carbocycles. The Morgan fingerprint density at radius 2 is 0.741 bits per heavy atom. The van der Waals surface area contributed by atoms with Gasteiger partial charge in [-0.25, -0.2) is 0 Å². The first-order valence-electron chi connectivity index (χ1n) is 25.5. The quantitative estimate of drug-likeness (QED) is 0.0391. The summed E-state index contributed by atoms with van der Waals surface area (Å²) >= 11 is 8.07. The van der Waals surface area contributed by atoms with Crippen molar-refractivity contribution in [3.8, 4) is 19.5 Å². The number of unbranched alkanes of at least 4 members (excludes halogenated alkanes) is 34. The average molecular weight is 866 g/mol. The van der Waals surface area contributed by atoms with Crippen molar-refractivity contribution in [3.05, 3.63) is 46.2 Å². The minimum absolute atomic E-state index is 1.25. The molecule has 0 aromatic carbocycles. The molecular formula is C54H88S4. The number of hydrogen-bond donors (Lipinski definition) is 0. The molecule has 4 aromatic heterocycles. The van der Waals surface area contributed by atoms with Crippen molar-refractivity contribution >= 4 is 54.7 Å². The molecule has 0 aliphatic heterocycles. The molecule has 0 nitrogen and oxygen atoms in total. The highest BCUT2D eigenvalue weighted by Crippen LogP contribution is 2.48. The van der Waals surface area contributed by atoms with Gasteiger partial charge in [0, 0.05) is 28.9 Å². The Bertz CT molecular complexity index is 1480. The maximum absolute atomic E-state index is 2.53. The van der Waals surface area contributed by atoms with Gasteiger partial charge in [-0.2, -0.15) is 0 Å². The lowest BCUT2D eigenvalue weighted by atomic mass is 10.0. The minimum atomic E-state index is 1.25. The van der Waals surface area contributed by atoms with Crippen molar-refractivity contribution in [2.24, 2.45) is 0 Å². The lowest BCUT2D eigenvalue weighted by Crippen LogP contribution is -1.87. The minimum Gasteiger partial charge on any atom is -0.143 e. The van der Waals surface area contributed by atoms with E-state index in [1.54, 1.807) is 25.4 Å². The summed E-state index contributed by atoms with van der Waals surface area (Å²) in [5, 5.41) is 4.75. The molecule has 58 heavy (non-hydrogen) atoms. The Hall–Kier alpha value is -0.940. The number of thiophene rings is 4. The summed E-state index contributed by atoms with van der Waals surface area (Å²) in [5.41, 5.74) is 3.31. The van der Waals surface area contributed by atoms with Crippen molar-refractivity contribution in [3.63, 3.8) is 0 Å². The normalized spacial score (nSPS) is 11.8. The fourth-order valence-corrected chi connectivity index (χ4v) is 13.8. The van der Waals surface area contributed by atoms with E-state index in [-0.39, 0.29) is 0 Å². The van der Waals surface area contributed by atoms with E-state index in [0.717, 1.165) is 0 Å². The van der Waals surface area contributed by atoms with Gasteiger partial charge in [-0.1, -0.05) is 238 Å². The molecule has 0 fully saturated rings. The summed E-state index contributed by atoms with van der Waals surface area (Å²) in [6.45, 7) is 4.63. The van der Waals surface area contributed by atoms with Crippen LogP contribution in [0.2, 0.25) is 0 Å². The highest BCUT2D eigenvalue weighted by atomic mass is 32.1. The molecule has 328 valence electrons. The van der Waals surface area contributed by atoms with E-state index in [4.69, 9.17) is 0 Å². The number of rotatable bonds is 40. The summed E-state index contributed by atoms with van der Waals surface area (Å²) in [5.74, 6) is 0. The van der Waals surface area contributed by atoms with Crippen LogP contribution in [-0.2, 0) is 12.8 Å². The number of aryl methyl sites for hydroxylation is 2. The van der Waals surface area contributed by atoms with Crippen LogP contribution in [0.15, 0.2) is 35.0 Å². The summed E-state index contributed by atoms with van der Waals surface area (Å²) in [7, 11) is 0. The summed E-state index contributed by atoms with van der Waals surface area (Å²) in [6.07, 6.45) is 54.5. The Morgan fingerprint density at radius 3 is 1.16 bits per heavy atom. The van der Waals surface area contributed by atoms with E-state index in [1.165, 1.54) is 259 Å². The highest BCUT2D eigenvalue weighted by Gasteiger charge is 2.19. The fourth-order valence-electron chi connectivity index (χ4n) is 9.00. The van der Waals surface area contributed by atoms with Gasteiger partial charge in [0.25, 0.3) is 0 Å². The van der Waals surface area contributed by atoms with Gasteiger partial charge >= 0.3 is 0 Å². The maximum atomic E-state index is 2.53. The van der Waals surface area contributed by atoms with Gasteiger partial charge in [0.15, 0.2) is 0 Å². The summed E-state index contributed by atoms with van der Waals surface area (Å²) in [6, 6.07) is 9.27. The molecule has 0 amide bonds. The van der Waals surface area contributed by atoms with E-state index in [0.29, 0.717) is 0 Å². The van der Waals surface area contributed by atoms with E-state index in [9.17, 15) is 0 Å². The van der Waals surface area contributed by atoms with E-state index < -0.39 is 0 Å². The first kappa shape index (κ1) is 49.7. The predicted molar refractivity (Wildman–Crippen MR) is 271 cm³/mol. The third-order valence-electron chi connectivity index (χ3n) is 12.7. The van der Waals surface area contributed by atoms with Gasteiger partial charge in [-0.3, -0.25) is 0 Å². The Morgan fingerprint density at radius 1 is 0.345 bits per heavy atom. The molecule has 0 saturated heterocycles. The molecule has 4 heteroatoms. The van der Waals surface area contributed by atoms with Gasteiger partial charge < -0.3 is 0 Å². The van der Waals surface area contributed by atoms with Crippen LogP contribution in [-0.4, -0.2) is 0 Å². The van der Waals surface area contributed by atoms with Gasteiger partial charge in [0.2, 0.25) is 0 Å². The van der Waals surface area contributed by atoms with Crippen LogP contribution in [0.1, 0.15) is 256 Å². The lowest BCUT2D eigenvalue weighted by molar-refractivity contribution is 0.525. The standard InChI is InChI=1S/C54H88S4/c1-3-5-7-9-11-13-15-17-19-21-23-25-27-29-31-33-35-37-40-47-46-56-54-48(53(58-52(47)54)51-44-43-50(57-51)49-42-39-45-55-49)41-38-36-34-32-30-28-26-24-22-20-18-16-14-12-10-8-6-4-2/h39,42-46H,3-38,40-41H2,1-2H3. The first-order chi connectivity index (χ1) is 28.8. The van der Waals surface area contributed by atoms with Crippen LogP contribution in [0.5, 0.6) is 0 Å². The molecule has 0 radical (unpaired) electrons.